The quantitative estimate of drug-likeness (QED) is 0.907. The molecule has 0 aliphatic heterocycles. The summed E-state index contributed by atoms with van der Waals surface area (Å²) >= 11 is 0. The zero-order valence-corrected chi connectivity index (χ0v) is 11.7. The van der Waals surface area contributed by atoms with Gasteiger partial charge in [-0.3, -0.25) is 4.79 Å². The van der Waals surface area contributed by atoms with E-state index in [1.807, 2.05) is 38.1 Å². The minimum absolute atomic E-state index is 0.269. The van der Waals surface area contributed by atoms with Crippen molar-refractivity contribution in [3.63, 3.8) is 0 Å². The van der Waals surface area contributed by atoms with Crippen LogP contribution < -0.4 is 10.1 Å². The van der Waals surface area contributed by atoms with Crippen molar-refractivity contribution in [2.75, 3.05) is 5.32 Å². The number of benzene rings is 1. The Bertz CT molecular complexity index is 595. The molecule has 1 amide bonds. The number of ether oxygens (including phenoxy) is 1. The van der Waals surface area contributed by atoms with Crippen molar-refractivity contribution in [2.24, 2.45) is 0 Å². The van der Waals surface area contributed by atoms with Gasteiger partial charge in [0.1, 0.15) is 11.4 Å². The minimum Gasteiger partial charge on any atom is -0.480 e. The summed E-state index contributed by atoms with van der Waals surface area (Å²) in [5, 5.41) is 9.88. The van der Waals surface area contributed by atoms with Crippen LogP contribution in [-0.4, -0.2) is 22.3 Å². The first kappa shape index (κ1) is 14.0. The van der Waals surface area contributed by atoms with E-state index < -0.39 is 6.10 Å². The molecule has 6 heteroatoms. The average Bonchev–Trinajstić information content (AvgIpc) is 2.83. The zero-order chi connectivity index (χ0) is 14.5. The van der Waals surface area contributed by atoms with E-state index in [9.17, 15) is 4.79 Å². The largest absolute Gasteiger partial charge is 0.480 e. The SMILES string of the molecule is CC[C@@H](Oc1ccccc1C)C(=O)Nc1nonc1C. The normalized spacial score (nSPS) is 11.9. The molecule has 1 atom stereocenters. The molecule has 0 fully saturated rings. The van der Waals surface area contributed by atoms with Crippen molar-refractivity contribution in [2.45, 2.75) is 33.3 Å². The van der Waals surface area contributed by atoms with Crippen LogP contribution in [0.3, 0.4) is 0 Å². The van der Waals surface area contributed by atoms with Crippen molar-refractivity contribution in [3.05, 3.63) is 35.5 Å². The summed E-state index contributed by atoms with van der Waals surface area (Å²) in [5.41, 5.74) is 1.52. The second kappa shape index (κ2) is 6.18. The number of aryl methyl sites for hydroxylation is 2. The second-order valence-electron chi connectivity index (χ2n) is 4.47. The van der Waals surface area contributed by atoms with E-state index in [1.165, 1.54) is 0 Å². The summed E-state index contributed by atoms with van der Waals surface area (Å²) in [5.74, 6) is 0.751. The van der Waals surface area contributed by atoms with Crippen LogP contribution in [-0.2, 0) is 4.79 Å². The molecule has 6 nitrogen and oxygen atoms in total. The monoisotopic (exact) mass is 275 g/mol. The molecule has 0 saturated carbocycles. The molecule has 106 valence electrons. The standard InChI is InChI=1S/C14H17N3O3/c1-4-11(19-12-8-6-5-7-9(12)2)14(18)15-13-10(3)16-20-17-13/h5-8,11H,4H2,1-3H3,(H,15,17,18)/t11-/m1/s1. The van der Waals surface area contributed by atoms with Crippen molar-refractivity contribution in [1.29, 1.82) is 0 Å². The first-order valence-electron chi connectivity index (χ1n) is 6.44. The van der Waals surface area contributed by atoms with Gasteiger partial charge in [0.15, 0.2) is 11.9 Å². The molecular formula is C14H17N3O3. The molecule has 0 saturated heterocycles. The molecule has 0 aliphatic rings. The van der Waals surface area contributed by atoms with Crippen LogP contribution in [0.25, 0.3) is 0 Å². The van der Waals surface area contributed by atoms with Crippen molar-refractivity contribution >= 4 is 11.7 Å². The lowest BCUT2D eigenvalue weighted by molar-refractivity contribution is -0.122. The third-order valence-corrected chi connectivity index (χ3v) is 2.92. The number of hydrogen-bond donors (Lipinski definition) is 1. The molecule has 20 heavy (non-hydrogen) atoms. The average molecular weight is 275 g/mol. The molecule has 1 aromatic carbocycles. The Morgan fingerprint density at radius 2 is 2.10 bits per heavy atom. The summed E-state index contributed by atoms with van der Waals surface area (Å²) in [4.78, 5) is 12.2. The van der Waals surface area contributed by atoms with Crippen molar-refractivity contribution < 1.29 is 14.2 Å². The summed E-state index contributed by atoms with van der Waals surface area (Å²) in [6.07, 6.45) is -0.0444. The van der Waals surface area contributed by atoms with E-state index in [1.54, 1.807) is 6.92 Å². The van der Waals surface area contributed by atoms with Crippen molar-refractivity contribution in [1.82, 2.24) is 10.3 Å². The van der Waals surface area contributed by atoms with Gasteiger partial charge in [0.05, 0.1) is 0 Å². The fourth-order valence-electron chi connectivity index (χ4n) is 1.71. The van der Waals surface area contributed by atoms with Gasteiger partial charge >= 0.3 is 0 Å². The van der Waals surface area contributed by atoms with Gasteiger partial charge in [0.25, 0.3) is 5.91 Å². The number of nitrogens with one attached hydrogen (secondary N) is 1. The number of hydrogen-bond acceptors (Lipinski definition) is 5. The van der Waals surface area contributed by atoms with Crippen LogP contribution in [0.2, 0.25) is 0 Å². The molecule has 2 rings (SSSR count). The summed E-state index contributed by atoms with van der Waals surface area (Å²) in [6, 6.07) is 7.58. The van der Waals surface area contributed by atoms with E-state index in [2.05, 4.69) is 20.3 Å². The lowest BCUT2D eigenvalue weighted by atomic mass is 10.2. The number of anilines is 1. The van der Waals surface area contributed by atoms with Crippen LogP contribution >= 0.6 is 0 Å². The molecule has 0 radical (unpaired) electrons. The Balaban J connectivity index is 2.07. The van der Waals surface area contributed by atoms with Crippen LogP contribution in [0.5, 0.6) is 5.75 Å². The molecule has 0 aliphatic carbocycles. The minimum atomic E-state index is -0.591. The first-order valence-corrected chi connectivity index (χ1v) is 6.44. The number of carbonyl (C=O) groups is 1. The highest BCUT2D eigenvalue weighted by molar-refractivity contribution is 5.93. The van der Waals surface area contributed by atoms with Gasteiger partial charge in [-0.15, -0.1) is 0 Å². The van der Waals surface area contributed by atoms with E-state index in [0.29, 0.717) is 23.7 Å². The Hall–Kier alpha value is -2.37. The number of carbonyl (C=O) groups excluding carboxylic acids is 1. The molecular weight excluding hydrogens is 258 g/mol. The number of rotatable bonds is 5. The highest BCUT2D eigenvalue weighted by Gasteiger charge is 2.21. The van der Waals surface area contributed by atoms with Crippen LogP contribution in [0, 0.1) is 13.8 Å². The lowest BCUT2D eigenvalue weighted by Gasteiger charge is -2.17. The molecule has 0 unspecified atom stereocenters. The van der Waals surface area contributed by atoms with E-state index in [0.717, 1.165) is 5.56 Å². The van der Waals surface area contributed by atoms with E-state index >= 15 is 0 Å². The highest BCUT2D eigenvalue weighted by Crippen LogP contribution is 2.19. The maximum absolute atomic E-state index is 12.2. The molecule has 1 N–H and O–H groups in total. The maximum Gasteiger partial charge on any atom is 0.266 e. The van der Waals surface area contributed by atoms with Gasteiger partial charge in [-0.25, -0.2) is 4.63 Å². The third-order valence-electron chi connectivity index (χ3n) is 2.92. The Morgan fingerprint density at radius 3 is 2.70 bits per heavy atom. The molecule has 0 spiro atoms. The van der Waals surface area contributed by atoms with Gasteiger partial charge in [0, 0.05) is 0 Å². The summed E-state index contributed by atoms with van der Waals surface area (Å²) in [7, 11) is 0. The number of aromatic nitrogens is 2. The molecule has 0 bridgehead atoms. The van der Waals surface area contributed by atoms with Gasteiger partial charge in [-0.1, -0.05) is 30.3 Å². The predicted octanol–water partition coefficient (Wildman–Crippen LogP) is 2.48. The summed E-state index contributed by atoms with van der Waals surface area (Å²) in [6.45, 7) is 5.53. The lowest BCUT2D eigenvalue weighted by Crippen LogP contribution is -2.32. The van der Waals surface area contributed by atoms with Crippen molar-refractivity contribution in [3.8, 4) is 5.75 Å². The number of nitrogens with zero attached hydrogens (tertiary/aromatic N) is 2. The Labute approximate surface area is 117 Å². The third kappa shape index (κ3) is 3.14. The van der Waals surface area contributed by atoms with Crippen LogP contribution in [0.1, 0.15) is 24.6 Å². The number of amides is 1. The predicted molar refractivity (Wildman–Crippen MR) is 73.6 cm³/mol. The van der Waals surface area contributed by atoms with E-state index in [-0.39, 0.29) is 5.91 Å². The molecule has 1 aromatic heterocycles. The first-order chi connectivity index (χ1) is 9.61. The van der Waals surface area contributed by atoms with Gasteiger partial charge in [-0.05, 0) is 37.1 Å². The van der Waals surface area contributed by atoms with Crippen LogP contribution in [0.15, 0.2) is 28.9 Å². The highest BCUT2D eigenvalue weighted by atomic mass is 16.6. The van der Waals surface area contributed by atoms with Crippen LogP contribution in [0.4, 0.5) is 5.82 Å². The van der Waals surface area contributed by atoms with E-state index in [4.69, 9.17) is 4.74 Å². The van der Waals surface area contributed by atoms with Gasteiger partial charge < -0.3 is 10.1 Å². The molecule has 1 heterocycles. The fraction of sp³-hybridized carbons (Fsp3) is 0.357. The van der Waals surface area contributed by atoms with Gasteiger partial charge in [0.2, 0.25) is 0 Å². The Morgan fingerprint density at radius 1 is 1.35 bits per heavy atom. The Kier molecular flexibility index (Phi) is 4.34. The smallest absolute Gasteiger partial charge is 0.266 e. The van der Waals surface area contributed by atoms with Gasteiger partial charge in [-0.2, -0.15) is 0 Å². The second-order valence-corrected chi connectivity index (χ2v) is 4.47. The molecule has 2 aromatic rings. The number of para-hydroxylation sites is 1. The summed E-state index contributed by atoms with van der Waals surface area (Å²) < 4.78 is 10.3. The fourth-order valence-corrected chi connectivity index (χ4v) is 1.71. The topological polar surface area (TPSA) is 77.2 Å². The maximum atomic E-state index is 12.2. The zero-order valence-electron chi connectivity index (χ0n) is 11.7.